The molecule has 1 aliphatic heterocycles. The minimum absolute atomic E-state index is 0.187. The first-order valence-electron chi connectivity index (χ1n) is 8.13. The van der Waals surface area contributed by atoms with Crippen molar-refractivity contribution in [3.05, 3.63) is 51.3 Å². The van der Waals surface area contributed by atoms with Crippen LogP contribution in [0.3, 0.4) is 0 Å². The SMILES string of the molecule is CCOC(=O)CN1CCC(Oc2cccc(Br)c2Cl)c2ccoc2C1. The number of fused-ring (bicyclic) bond motifs is 1. The van der Waals surface area contributed by atoms with Crippen molar-refractivity contribution in [1.29, 1.82) is 0 Å². The molecule has 3 rings (SSSR count). The number of hydrogen-bond acceptors (Lipinski definition) is 5. The smallest absolute Gasteiger partial charge is 0.320 e. The van der Waals surface area contributed by atoms with Crippen molar-refractivity contribution in [3.8, 4) is 5.75 Å². The second-order valence-electron chi connectivity index (χ2n) is 5.76. The Hall–Kier alpha value is -1.50. The lowest BCUT2D eigenvalue weighted by Crippen LogP contribution is -2.31. The fraction of sp³-hybridized carbons (Fsp3) is 0.389. The minimum Gasteiger partial charge on any atom is -0.484 e. The quantitative estimate of drug-likeness (QED) is 0.652. The number of hydrogen-bond donors (Lipinski definition) is 0. The lowest BCUT2D eigenvalue weighted by molar-refractivity contribution is -0.144. The van der Waals surface area contributed by atoms with Crippen LogP contribution in [0.4, 0.5) is 0 Å². The van der Waals surface area contributed by atoms with Crippen molar-refractivity contribution in [2.24, 2.45) is 0 Å². The maximum Gasteiger partial charge on any atom is 0.320 e. The molecule has 1 aliphatic rings. The Morgan fingerprint density at radius 3 is 3.08 bits per heavy atom. The summed E-state index contributed by atoms with van der Waals surface area (Å²) in [6.07, 6.45) is 2.18. The van der Waals surface area contributed by atoms with Gasteiger partial charge in [0.25, 0.3) is 0 Å². The number of ether oxygens (including phenoxy) is 2. The summed E-state index contributed by atoms with van der Waals surface area (Å²) in [5.41, 5.74) is 0.988. The van der Waals surface area contributed by atoms with Crippen molar-refractivity contribution in [1.82, 2.24) is 4.90 Å². The summed E-state index contributed by atoms with van der Waals surface area (Å²) >= 11 is 9.73. The zero-order valence-corrected chi connectivity index (χ0v) is 16.2. The van der Waals surface area contributed by atoms with Crippen LogP contribution >= 0.6 is 27.5 Å². The molecule has 0 bridgehead atoms. The third-order valence-electron chi connectivity index (χ3n) is 4.04. The van der Waals surface area contributed by atoms with Crippen LogP contribution in [0.5, 0.6) is 5.75 Å². The van der Waals surface area contributed by atoms with Crippen molar-refractivity contribution < 1.29 is 18.7 Å². The van der Waals surface area contributed by atoms with Crippen molar-refractivity contribution >= 4 is 33.5 Å². The summed E-state index contributed by atoms with van der Waals surface area (Å²) in [5.74, 6) is 1.19. The van der Waals surface area contributed by atoms with Crippen LogP contribution in [0.2, 0.25) is 5.02 Å². The van der Waals surface area contributed by atoms with E-state index in [1.165, 1.54) is 0 Å². The molecule has 0 radical (unpaired) electrons. The van der Waals surface area contributed by atoms with Crippen LogP contribution in [0, 0.1) is 0 Å². The Balaban J connectivity index is 1.77. The molecule has 1 aromatic heterocycles. The zero-order chi connectivity index (χ0) is 17.8. The van der Waals surface area contributed by atoms with Gasteiger partial charge < -0.3 is 13.9 Å². The summed E-state index contributed by atoms with van der Waals surface area (Å²) in [6.45, 7) is 3.66. The van der Waals surface area contributed by atoms with Gasteiger partial charge in [0.2, 0.25) is 0 Å². The van der Waals surface area contributed by atoms with Crippen LogP contribution in [-0.2, 0) is 16.1 Å². The molecule has 0 aliphatic carbocycles. The van der Waals surface area contributed by atoms with Gasteiger partial charge in [-0.15, -0.1) is 0 Å². The molecule has 5 nitrogen and oxygen atoms in total. The fourth-order valence-electron chi connectivity index (χ4n) is 2.88. The zero-order valence-electron chi connectivity index (χ0n) is 13.8. The number of rotatable bonds is 5. The molecule has 134 valence electrons. The van der Waals surface area contributed by atoms with E-state index >= 15 is 0 Å². The van der Waals surface area contributed by atoms with E-state index in [4.69, 9.17) is 25.5 Å². The molecule has 0 saturated carbocycles. The molecular weight excluding hydrogens is 410 g/mol. The van der Waals surface area contributed by atoms with Gasteiger partial charge in [0.1, 0.15) is 17.6 Å². The van der Waals surface area contributed by atoms with Gasteiger partial charge in [0.05, 0.1) is 31.0 Å². The second kappa shape index (κ2) is 8.25. The summed E-state index contributed by atoms with van der Waals surface area (Å²) in [6, 6.07) is 7.51. The standard InChI is InChI=1S/C18H19BrClNO4/c1-2-23-17(22)11-21-8-6-14(12-7-9-24-16(12)10-21)25-15-5-3-4-13(19)18(15)20/h3-5,7,9,14H,2,6,8,10-11H2,1H3. The maximum atomic E-state index is 11.8. The van der Waals surface area contributed by atoms with Gasteiger partial charge in [-0.2, -0.15) is 0 Å². The third-order valence-corrected chi connectivity index (χ3v) is 5.32. The van der Waals surface area contributed by atoms with Gasteiger partial charge in [-0.1, -0.05) is 17.7 Å². The first-order valence-corrected chi connectivity index (χ1v) is 9.30. The molecule has 2 heterocycles. The number of esters is 1. The van der Waals surface area contributed by atoms with Gasteiger partial charge in [-0.3, -0.25) is 9.69 Å². The molecule has 2 aromatic rings. The highest BCUT2D eigenvalue weighted by atomic mass is 79.9. The Morgan fingerprint density at radius 2 is 2.28 bits per heavy atom. The molecule has 1 aromatic carbocycles. The second-order valence-corrected chi connectivity index (χ2v) is 6.99. The number of benzene rings is 1. The highest BCUT2D eigenvalue weighted by Crippen LogP contribution is 2.37. The normalized spacial score (nSPS) is 17.6. The molecule has 1 atom stereocenters. The third kappa shape index (κ3) is 4.37. The molecule has 0 amide bonds. The van der Waals surface area contributed by atoms with Crippen LogP contribution in [0.1, 0.15) is 30.8 Å². The number of halogens is 2. The molecular formula is C18H19BrClNO4. The van der Waals surface area contributed by atoms with E-state index in [9.17, 15) is 4.79 Å². The highest BCUT2D eigenvalue weighted by Gasteiger charge is 2.28. The molecule has 0 saturated heterocycles. The molecule has 1 unspecified atom stereocenters. The predicted octanol–water partition coefficient (Wildman–Crippen LogP) is 4.58. The van der Waals surface area contributed by atoms with E-state index in [0.717, 1.165) is 22.2 Å². The van der Waals surface area contributed by atoms with Crippen LogP contribution < -0.4 is 4.74 Å². The predicted molar refractivity (Wildman–Crippen MR) is 97.8 cm³/mol. The monoisotopic (exact) mass is 427 g/mol. The van der Waals surface area contributed by atoms with Crippen molar-refractivity contribution in [3.63, 3.8) is 0 Å². The van der Waals surface area contributed by atoms with E-state index in [1.807, 2.05) is 29.2 Å². The van der Waals surface area contributed by atoms with Gasteiger partial charge in [0.15, 0.2) is 0 Å². The maximum absolute atomic E-state index is 11.8. The van der Waals surface area contributed by atoms with Crippen molar-refractivity contribution in [2.45, 2.75) is 26.0 Å². The number of carbonyl (C=O) groups excluding carboxylic acids is 1. The van der Waals surface area contributed by atoms with Gasteiger partial charge in [-0.05, 0) is 41.1 Å². The topological polar surface area (TPSA) is 51.9 Å². The fourth-order valence-corrected chi connectivity index (χ4v) is 3.40. The van der Waals surface area contributed by atoms with E-state index in [0.29, 0.717) is 30.5 Å². The first-order chi connectivity index (χ1) is 12.1. The molecule has 0 N–H and O–H groups in total. The van der Waals surface area contributed by atoms with Gasteiger partial charge in [0, 0.05) is 23.0 Å². The van der Waals surface area contributed by atoms with Crippen LogP contribution in [0.15, 0.2) is 39.4 Å². The Labute approximate surface area is 160 Å². The van der Waals surface area contributed by atoms with Gasteiger partial charge >= 0.3 is 5.97 Å². The number of furan rings is 1. The molecule has 0 fully saturated rings. The number of carbonyl (C=O) groups is 1. The number of nitrogens with zero attached hydrogens (tertiary/aromatic N) is 1. The van der Waals surface area contributed by atoms with Gasteiger partial charge in [-0.25, -0.2) is 0 Å². The van der Waals surface area contributed by atoms with Crippen molar-refractivity contribution in [2.75, 3.05) is 19.7 Å². The lowest BCUT2D eigenvalue weighted by Gasteiger charge is -2.20. The summed E-state index contributed by atoms with van der Waals surface area (Å²) < 4.78 is 17.6. The summed E-state index contributed by atoms with van der Waals surface area (Å²) in [5, 5.41) is 0.542. The average Bonchev–Trinajstić information content (AvgIpc) is 2.97. The average molecular weight is 429 g/mol. The van der Waals surface area contributed by atoms with Crippen LogP contribution in [0.25, 0.3) is 0 Å². The van der Waals surface area contributed by atoms with E-state index in [-0.39, 0.29) is 18.6 Å². The van der Waals surface area contributed by atoms with E-state index < -0.39 is 0 Å². The van der Waals surface area contributed by atoms with E-state index in [1.54, 1.807) is 13.2 Å². The molecule has 25 heavy (non-hydrogen) atoms. The summed E-state index contributed by atoms with van der Waals surface area (Å²) in [4.78, 5) is 13.8. The molecule has 7 heteroatoms. The first kappa shape index (κ1) is 18.3. The Bertz CT molecular complexity index is 748. The molecule has 0 spiro atoms. The van der Waals surface area contributed by atoms with E-state index in [2.05, 4.69) is 15.9 Å². The minimum atomic E-state index is -0.231. The largest absolute Gasteiger partial charge is 0.484 e. The Morgan fingerprint density at radius 1 is 1.44 bits per heavy atom. The lowest BCUT2D eigenvalue weighted by atomic mass is 10.1. The Kier molecular flexibility index (Phi) is 6.04. The summed E-state index contributed by atoms with van der Waals surface area (Å²) in [7, 11) is 0. The highest BCUT2D eigenvalue weighted by molar-refractivity contribution is 9.10. The van der Waals surface area contributed by atoms with Crippen LogP contribution in [-0.4, -0.2) is 30.6 Å².